The van der Waals surface area contributed by atoms with Crippen LogP contribution in [-0.2, 0) is 9.47 Å². The maximum Gasteiger partial charge on any atom is 0.133 e. The zero-order valence-electron chi connectivity index (χ0n) is 16.0. The summed E-state index contributed by atoms with van der Waals surface area (Å²) in [5.74, 6) is 0. The average molecular weight is 357 g/mol. The van der Waals surface area contributed by atoms with Crippen LogP contribution in [0.25, 0.3) is 0 Å². The number of nitrogens with one attached hydrogen (secondary N) is 2. The molecule has 0 aliphatic rings. The van der Waals surface area contributed by atoms with E-state index in [9.17, 15) is 0 Å². The summed E-state index contributed by atoms with van der Waals surface area (Å²) in [6.07, 6.45) is 4.68. The fraction of sp³-hybridized carbons (Fsp3) is 0.455. The molecule has 0 saturated carbocycles. The largest absolute Gasteiger partial charge is 0.362 e. The van der Waals surface area contributed by atoms with Gasteiger partial charge in [0.1, 0.15) is 12.5 Å². The molecule has 0 spiro atoms. The van der Waals surface area contributed by atoms with E-state index in [0.717, 1.165) is 25.9 Å². The number of rotatable bonds is 13. The fourth-order valence-electron chi connectivity index (χ4n) is 3.00. The second-order valence-electron chi connectivity index (χ2n) is 6.38. The quantitative estimate of drug-likeness (QED) is 0.412. The number of ether oxygens (including phenoxy) is 2. The Labute approximate surface area is 157 Å². The molecular weight excluding hydrogens is 324 g/mol. The molecule has 2 aromatic carbocycles. The number of unbranched alkanes of at least 4 members (excludes halogenated alkanes) is 3. The summed E-state index contributed by atoms with van der Waals surface area (Å²) in [5, 5.41) is 6.94. The molecule has 0 bridgehead atoms. The van der Waals surface area contributed by atoms with Gasteiger partial charge in [0.2, 0.25) is 0 Å². The summed E-state index contributed by atoms with van der Waals surface area (Å²) in [5.41, 5.74) is 2.34. The van der Waals surface area contributed by atoms with E-state index in [0.29, 0.717) is 0 Å². The van der Waals surface area contributed by atoms with Gasteiger partial charge in [0, 0.05) is 14.2 Å². The monoisotopic (exact) mass is 356 g/mol. The van der Waals surface area contributed by atoms with Crippen molar-refractivity contribution in [2.75, 3.05) is 27.3 Å². The first-order valence-corrected chi connectivity index (χ1v) is 9.47. The van der Waals surface area contributed by atoms with Crippen LogP contribution in [0.2, 0.25) is 0 Å². The molecule has 0 fully saturated rings. The van der Waals surface area contributed by atoms with Crippen LogP contribution in [0, 0.1) is 0 Å². The van der Waals surface area contributed by atoms with Gasteiger partial charge in [0.25, 0.3) is 0 Å². The highest BCUT2D eigenvalue weighted by molar-refractivity contribution is 5.17. The average Bonchev–Trinajstić information content (AvgIpc) is 2.71. The van der Waals surface area contributed by atoms with Crippen LogP contribution in [0.3, 0.4) is 0 Å². The van der Waals surface area contributed by atoms with Crippen molar-refractivity contribution in [3.63, 3.8) is 0 Å². The van der Waals surface area contributed by atoms with Gasteiger partial charge in [-0.05, 0) is 37.1 Å². The van der Waals surface area contributed by atoms with Gasteiger partial charge in [-0.1, -0.05) is 73.5 Å². The lowest BCUT2D eigenvalue weighted by atomic mass is 10.1. The van der Waals surface area contributed by atoms with Crippen molar-refractivity contribution in [1.82, 2.24) is 10.6 Å². The summed E-state index contributed by atoms with van der Waals surface area (Å²) in [6, 6.07) is 20.6. The summed E-state index contributed by atoms with van der Waals surface area (Å²) < 4.78 is 11.1. The SMILES string of the molecule is COC(NCCCCCCNC(OC)c1ccccc1)c1ccccc1. The van der Waals surface area contributed by atoms with E-state index in [1.54, 1.807) is 14.2 Å². The molecule has 0 aromatic heterocycles. The van der Waals surface area contributed by atoms with Crippen molar-refractivity contribution in [1.29, 1.82) is 0 Å². The van der Waals surface area contributed by atoms with Gasteiger partial charge >= 0.3 is 0 Å². The van der Waals surface area contributed by atoms with Crippen molar-refractivity contribution in [2.45, 2.75) is 38.1 Å². The highest BCUT2D eigenvalue weighted by Crippen LogP contribution is 2.14. The highest BCUT2D eigenvalue weighted by atomic mass is 16.5. The zero-order valence-corrected chi connectivity index (χ0v) is 16.0. The van der Waals surface area contributed by atoms with Crippen LogP contribution < -0.4 is 10.6 Å². The molecular formula is C22H32N2O2. The van der Waals surface area contributed by atoms with Crippen molar-refractivity contribution in [3.05, 3.63) is 71.8 Å². The maximum atomic E-state index is 5.53. The minimum absolute atomic E-state index is 0.0220. The topological polar surface area (TPSA) is 42.5 Å². The predicted molar refractivity (Wildman–Crippen MR) is 107 cm³/mol. The lowest BCUT2D eigenvalue weighted by molar-refractivity contribution is 0.0725. The highest BCUT2D eigenvalue weighted by Gasteiger charge is 2.09. The Morgan fingerprint density at radius 3 is 1.35 bits per heavy atom. The molecule has 4 nitrogen and oxygen atoms in total. The van der Waals surface area contributed by atoms with Crippen LogP contribution in [-0.4, -0.2) is 27.3 Å². The van der Waals surface area contributed by atoms with Gasteiger partial charge in [-0.25, -0.2) is 0 Å². The standard InChI is InChI=1S/C22H32N2O2/c1-25-21(19-13-7-5-8-14-19)23-17-11-3-4-12-18-24-22(26-2)20-15-9-6-10-16-20/h5-10,13-16,21-24H,3-4,11-12,17-18H2,1-2H3. The second-order valence-corrected chi connectivity index (χ2v) is 6.38. The Morgan fingerprint density at radius 2 is 1.00 bits per heavy atom. The molecule has 2 aromatic rings. The van der Waals surface area contributed by atoms with E-state index >= 15 is 0 Å². The third kappa shape index (κ3) is 7.26. The van der Waals surface area contributed by atoms with Crippen molar-refractivity contribution < 1.29 is 9.47 Å². The first kappa shape index (κ1) is 20.6. The minimum Gasteiger partial charge on any atom is -0.362 e. The Kier molecular flexibility index (Phi) is 9.98. The first-order chi connectivity index (χ1) is 12.8. The van der Waals surface area contributed by atoms with E-state index in [-0.39, 0.29) is 12.5 Å². The molecule has 0 aliphatic heterocycles. The molecule has 142 valence electrons. The van der Waals surface area contributed by atoms with Crippen molar-refractivity contribution in [3.8, 4) is 0 Å². The predicted octanol–water partition coefficient (Wildman–Crippen LogP) is 4.42. The Morgan fingerprint density at radius 1 is 0.615 bits per heavy atom. The maximum absolute atomic E-state index is 5.53. The van der Waals surface area contributed by atoms with Gasteiger partial charge in [0.15, 0.2) is 0 Å². The van der Waals surface area contributed by atoms with Gasteiger partial charge in [-0.15, -0.1) is 0 Å². The fourth-order valence-corrected chi connectivity index (χ4v) is 3.00. The summed E-state index contributed by atoms with van der Waals surface area (Å²) >= 11 is 0. The third-order valence-corrected chi connectivity index (χ3v) is 4.44. The Hall–Kier alpha value is -1.72. The normalized spacial score (nSPS) is 13.5. The van der Waals surface area contributed by atoms with Crippen molar-refractivity contribution >= 4 is 0 Å². The van der Waals surface area contributed by atoms with Crippen LogP contribution in [0.4, 0.5) is 0 Å². The van der Waals surface area contributed by atoms with Gasteiger partial charge < -0.3 is 9.47 Å². The lowest BCUT2D eigenvalue weighted by Crippen LogP contribution is -2.24. The summed E-state index contributed by atoms with van der Waals surface area (Å²) in [7, 11) is 3.49. The molecule has 2 N–H and O–H groups in total. The number of hydrogen-bond donors (Lipinski definition) is 2. The Balaban J connectivity index is 1.54. The van der Waals surface area contributed by atoms with Gasteiger partial charge in [-0.2, -0.15) is 0 Å². The number of hydrogen-bond acceptors (Lipinski definition) is 4. The first-order valence-electron chi connectivity index (χ1n) is 9.47. The number of benzene rings is 2. The molecule has 0 radical (unpaired) electrons. The summed E-state index contributed by atoms with van der Waals surface area (Å²) in [6.45, 7) is 1.93. The zero-order chi connectivity index (χ0) is 18.5. The van der Waals surface area contributed by atoms with Gasteiger partial charge in [-0.3, -0.25) is 10.6 Å². The van der Waals surface area contributed by atoms with E-state index in [1.807, 2.05) is 36.4 Å². The van der Waals surface area contributed by atoms with Crippen molar-refractivity contribution in [2.24, 2.45) is 0 Å². The molecule has 0 amide bonds. The van der Waals surface area contributed by atoms with E-state index in [1.165, 1.54) is 24.0 Å². The second kappa shape index (κ2) is 12.6. The van der Waals surface area contributed by atoms with Crippen LogP contribution >= 0.6 is 0 Å². The molecule has 2 rings (SSSR count). The molecule has 4 heteroatoms. The van der Waals surface area contributed by atoms with E-state index in [4.69, 9.17) is 9.47 Å². The molecule has 0 saturated heterocycles. The van der Waals surface area contributed by atoms with Gasteiger partial charge in [0.05, 0.1) is 0 Å². The molecule has 2 unspecified atom stereocenters. The minimum atomic E-state index is -0.0220. The summed E-state index contributed by atoms with van der Waals surface area (Å²) in [4.78, 5) is 0. The van der Waals surface area contributed by atoms with E-state index in [2.05, 4.69) is 34.9 Å². The number of methoxy groups -OCH3 is 2. The Bertz CT molecular complexity index is 524. The molecule has 2 atom stereocenters. The molecule has 26 heavy (non-hydrogen) atoms. The van der Waals surface area contributed by atoms with E-state index < -0.39 is 0 Å². The van der Waals surface area contributed by atoms with Crippen LogP contribution in [0.1, 0.15) is 49.3 Å². The molecule has 0 heterocycles. The lowest BCUT2D eigenvalue weighted by Gasteiger charge is -2.18. The van der Waals surface area contributed by atoms with Crippen LogP contribution in [0.5, 0.6) is 0 Å². The smallest absolute Gasteiger partial charge is 0.133 e. The third-order valence-electron chi connectivity index (χ3n) is 4.44. The van der Waals surface area contributed by atoms with Crippen LogP contribution in [0.15, 0.2) is 60.7 Å². The molecule has 0 aliphatic carbocycles.